The van der Waals surface area contributed by atoms with E-state index in [0.717, 1.165) is 11.8 Å². The highest BCUT2D eigenvalue weighted by Gasteiger charge is 2.55. The van der Waals surface area contributed by atoms with Crippen molar-refractivity contribution in [1.82, 2.24) is 0 Å². The standard InChI is InChI=1S/C8H12OS/c9-7-4-1-5-3-10-8(7)6(5)2-4/h4-9H,1-3H2/t4-,5-,6?,7+,8+/m1/s1. The van der Waals surface area contributed by atoms with Crippen LogP contribution in [0.15, 0.2) is 0 Å². The third-order valence-electron chi connectivity index (χ3n) is 3.53. The molecule has 0 spiro atoms. The lowest BCUT2D eigenvalue weighted by Crippen LogP contribution is -2.28. The van der Waals surface area contributed by atoms with Crippen LogP contribution >= 0.6 is 11.8 Å². The number of thioether (sulfide) groups is 1. The van der Waals surface area contributed by atoms with Crippen LogP contribution in [0.5, 0.6) is 0 Å². The van der Waals surface area contributed by atoms with Crippen molar-refractivity contribution in [2.45, 2.75) is 24.2 Å². The summed E-state index contributed by atoms with van der Waals surface area (Å²) in [6, 6.07) is 0. The molecule has 2 heteroatoms. The van der Waals surface area contributed by atoms with Crippen LogP contribution in [0, 0.1) is 17.8 Å². The number of hydrogen-bond donors (Lipinski definition) is 1. The zero-order valence-corrected chi connectivity index (χ0v) is 6.68. The summed E-state index contributed by atoms with van der Waals surface area (Å²) in [7, 11) is 0. The Morgan fingerprint density at radius 1 is 1.20 bits per heavy atom. The van der Waals surface area contributed by atoms with E-state index >= 15 is 0 Å². The molecule has 2 bridgehead atoms. The van der Waals surface area contributed by atoms with Gasteiger partial charge >= 0.3 is 0 Å². The second-order valence-electron chi connectivity index (χ2n) is 3.94. The van der Waals surface area contributed by atoms with E-state index in [1.54, 1.807) is 0 Å². The van der Waals surface area contributed by atoms with Crippen molar-refractivity contribution in [2.75, 3.05) is 5.75 Å². The molecule has 1 nitrogen and oxygen atoms in total. The van der Waals surface area contributed by atoms with Crippen LogP contribution in [-0.4, -0.2) is 22.2 Å². The van der Waals surface area contributed by atoms with Crippen molar-refractivity contribution in [1.29, 1.82) is 0 Å². The number of rotatable bonds is 0. The van der Waals surface area contributed by atoms with Crippen LogP contribution in [-0.2, 0) is 0 Å². The number of fused-ring (bicyclic) bond motifs is 1. The molecule has 1 unspecified atom stereocenters. The van der Waals surface area contributed by atoms with Gasteiger partial charge in [0, 0.05) is 5.25 Å². The fourth-order valence-corrected chi connectivity index (χ4v) is 4.91. The van der Waals surface area contributed by atoms with E-state index in [4.69, 9.17) is 0 Å². The summed E-state index contributed by atoms with van der Waals surface area (Å²) in [5, 5.41) is 10.3. The van der Waals surface area contributed by atoms with Gasteiger partial charge in [-0.1, -0.05) is 0 Å². The molecule has 1 N–H and O–H groups in total. The van der Waals surface area contributed by atoms with Gasteiger partial charge in [-0.2, -0.15) is 11.8 Å². The van der Waals surface area contributed by atoms with Gasteiger partial charge in [0.05, 0.1) is 6.10 Å². The van der Waals surface area contributed by atoms with Gasteiger partial charge in [0.15, 0.2) is 0 Å². The second kappa shape index (κ2) is 1.72. The molecule has 0 radical (unpaired) electrons. The summed E-state index contributed by atoms with van der Waals surface area (Å²) in [5.74, 6) is 3.92. The zero-order valence-electron chi connectivity index (χ0n) is 5.86. The minimum Gasteiger partial charge on any atom is -0.392 e. The van der Waals surface area contributed by atoms with E-state index in [-0.39, 0.29) is 6.10 Å². The van der Waals surface area contributed by atoms with Crippen molar-refractivity contribution in [3.05, 3.63) is 0 Å². The molecule has 5 atom stereocenters. The van der Waals surface area contributed by atoms with Gasteiger partial charge < -0.3 is 5.11 Å². The van der Waals surface area contributed by atoms with Gasteiger partial charge in [-0.05, 0) is 36.3 Å². The molecule has 10 heavy (non-hydrogen) atoms. The Bertz CT molecular complexity index is 169. The van der Waals surface area contributed by atoms with E-state index in [2.05, 4.69) is 0 Å². The molecule has 3 fully saturated rings. The van der Waals surface area contributed by atoms with Gasteiger partial charge in [0.2, 0.25) is 0 Å². The van der Waals surface area contributed by atoms with Crippen molar-refractivity contribution >= 4 is 11.8 Å². The Balaban J connectivity index is 2.00. The summed E-state index contributed by atoms with van der Waals surface area (Å²) >= 11 is 2.02. The van der Waals surface area contributed by atoms with Crippen LogP contribution in [0.2, 0.25) is 0 Å². The van der Waals surface area contributed by atoms with Crippen LogP contribution in [0.4, 0.5) is 0 Å². The van der Waals surface area contributed by atoms with Crippen LogP contribution in [0.3, 0.4) is 0 Å². The number of aliphatic hydroxyl groups excluding tert-OH is 1. The monoisotopic (exact) mass is 156 g/mol. The smallest absolute Gasteiger partial charge is 0.0689 e. The first kappa shape index (κ1) is 5.90. The lowest BCUT2D eigenvalue weighted by atomic mass is 9.89. The summed E-state index contributed by atoms with van der Waals surface area (Å²) in [6.07, 6.45) is 2.73. The Morgan fingerprint density at radius 3 is 2.80 bits per heavy atom. The Morgan fingerprint density at radius 2 is 2.10 bits per heavy atom. The van der Waals surface area contributed by atoms with Crippen molar-refractivity contribution < 1.29 is 5.11 Å². The molecule has 2 saturated carbocycles. The van der Waals surface area contributed by atoms with Crippen LogP contribution in [0.25, 0.3) is 0 Å². The van der Waals surface area contributed by atoms with Crippen molar-refractivity contribution in [3.63, 3.8) is 0 Å². The normalized spacial score (nSPS) is 63.9. The number of hydrogen-bond acceptors (Lipinski definition) is 2. The van der Waals surface area contributed by atoms with Gasteiger partial charge in [0.25, 0.3) is 0 Å². The average molecular weight is 156 g/mol. The maximum Gasteiger partial charge on any atom is 0.0689 e. The summed E-state index contributed by atoms with van der Waals surface area (Å²) in [6.45, 7) is 0. The highest BCUT2D eigenvalue weighted by Crippen LogP contribution is 2.58. The van der Waals surface area contributed by atoms with E-state index < -0.39 is 0 Å². The molecule has 3 aliphatic rings. The van der Waals surface area contributed by atoms with Gasteiger partial charge in [0.1, 0.15) is 0 Å². The summed E-state index contributed by atoms with van der Waals surface area (Å²) in [5.41, 5.74) is 0. The maximum absolute atomic E-state index is 9.68. The van der Waals surface area contributed by atoms with Gasteiger partial charge in [-0.25, -0.2) is 0 Å². The van der Waals surface area contributed by atoms with Crippen LogP contribution in [0.1, 0.15) is 12.8 Å². The third kappa shape index (κ3) is 0.517. The molecule has 1 aliphatic heterocycles. The maximum atomic E-state index is 9.68. The molecule has 0 aromatic heterocycles. The molecule has 1 heterocycles. The Kier molecular flexibility index (Phi) is 1.02. The SMILES string of the molecule is O[C@H]1[C@H]2CC3[C@@H](CS[C@@H]31)C2. The first-order chi connectivity index (χ1) is 4.86. The molecule has 2 aliphatic carbocycles. The minimum absolute atomic E-state index is 0.0637. The molecule has 0 amide bonds. The molecule has 1 saturated heterocycles. The molecule has 3 rings (SSSR count). The predicted octanol–water partition coefficient (Wildman–Crippen LogP) is 1.12. The Labute approximate surface area is 65.2 Å². The minimum atomic E-state index is 0.0637. The summed E-state index contributed by atoms with van der Waals surface area (Å²) < 4.78 is 0. The third-order valence-corrected chi connectivity index (χ3v) is 5.16. The highest BCUT2D eigenvalue weighted by molar-refractivity contribution is 8.00. The Hall–Kier alpha value is 0.310. The predicted molar refractivity (Wildman–Crippen MR) is 42.0 cm³/mol. The lowest BCUT2D eigenvalue weighted by Gasteiger charge is -2.22. The van der Waals surface area contributed by atoms with Crippen molar-refractivity contribution in [2.24, 2.45) is 17.8 Å². The first-order valence-corrected chi connectivity index (χ1v) is 5.21. The molecular formula is C8H12OS. The molecular weight excluding hydrogens is 144 g/mol. The zero-order chi connectivity index (χ0) is 6.72. The molecule has 0 aromatic carbocycles. The molecule has 0 aromatic rings. The fourth-order valence-electron chi connectivity index (χ4n) is 3.05. The lowest BCUT2D eigenvalue weighted by molar-refractivity contribution is 0.111. The van der Waals surface area contributed by atoms with E-state index in [9.17, 15) is 5.11 Å². The summed E-state index contributed by atoms with van der Waals surface area (Å²) in [4.78, 5) is 0. The largest absolute Gasteiger partial charge is 0.392 e. The molecule has 56 valence electrons. The van der Waals surface area contributed by atoms with Crippen LogP contribution < -0.4 is 0 Å². The number of aliphatic hydroxyl groups is 1. The second-order valence-corrected chi connectivity index (χ2v) is 5.15. The van der Waals surface area contributed by atoms with E-state index in [1.165, 1.54) is 18.6 Å². The van der Waals surface area contributed by atoms with Gasteiger partial charge in [-0.3, -0.25) is 0 Å². The van der Waals surface area contributed by atoms with Gasteiger partial charge in [-0.15, -0.1) is 0 Å². The average Bonchev–Trinajstić information content (AvgIpc) is 2.43. The fraction of sp³-hybridized carbons (Fsp3) is 1.00. The quantitative estimate of drug-likeness (QED) is 0.567. The van der Waals surface area contributed by atoms with Crippen molar-refractivity contribution in [3.8, 4) is 0 Å². The topological polar surface area (TPSA) is 20.2 Å². The highest BCUT2D eigenvalue weighted by atomic mass is 32.2. The first-order valence-electron chi connectivity index (χ1n) is 4.16. The van der Waals surface area contributed by atoms with E-state index in [1.807, 2.05) is 11.8 Å². The van der Waals surface area contributed by atoms with E-state index in [0.29, 0.717) is 11.2 Å².